The summed E-state index contributed by atoms with van der Waals surface area (Å²) in [6, 6.07) is 25.5. The van der Waals surface area contributed by atoms with Crippen LogP contribution in [-0.2, 0) is 0 Å². The van der Waals surface area contributed by atoms with Gasteiger partial charge < -0.3 is 0 Å². The van der Waals surface area contributed by atoms with Crippen LogP contribution < -0.4 is 10.9 Å². The van der Waals surface area contributed by atoms with Crippen molar-refractivity contribution in [1.29, 1.82) is 0 Å². The van der Waals surface area contributed by atoms with E-state index < -0.39 is 0 Å². The number of carbonyl (C=O) groups excluding carboxylic acids is 2. The first-order chi connectivity index (χ1) is 14.7. The van der Waals surface area contributed by atoms with E-state index in [0.29, 0.717) is 22.1 Å². The molecule has 2 N–H and O–H groups in total. The Balaban J connectivity index is 1.52. The van der Waals surface area contributed by atoms with E-state index >= 15 is 0 Å². The summed E-state index contributed by atoms with van der Waals surface area (Å²) in [5, 5.41) is 1.22. The lowest BCUT2D eigenvalue weighted by molar-refractivity contribution is 0.0961. The van der Waals surface area contributed by atoms with Crippen LogP contribution in [-0.4, -0.2) is 27.4 Å². The molecule has 0 atom stereocenters. The summed E-state index contributed by atoms with van der Waals surface area (Å²) in [7, 11) is 0. The molecule has 7 heteroatoms. The lowest BCUT2D eigenvalue weighted by atomic mass is 10.2. The molecule has 3 aromatic carbocycles. The van der Waals surface area contributed by atoms with Crippen LogP contribution in [0.3, 0.4) is 0 Å². The minimum absolute atomic E-state index is 0.00393. The number of thioether (sulfide) groups is 1. The second-order valence-electron chi connectivity index (χ2n) is 6.39. The Hall–Kier alpha value is -3.71. The monoisotopic (exact) mass is 414 g/mol. The van der Waals surface area contributed by atoms with Crippen LogP contribution in [0.15, 0.2) is 90.1 Å². The largest absolute Gasteiger partial charge is 0.293 e. The second kappa shape index (κ2) is 9.19. The number of rotatable bonds is 7. The average Bonchev–Trinajstić information content (AvgIpc) is 2.81. The van der Waals surface area contributed by atoms with Gasteiger partial charge in [-0.25, -0.2) is 9.97 Å². The third kappa shape index (κ3) is 4.64. The number of para-hydroxylation sites is 1. The molecule has 0 unspecified atom stereocenters. The highest BCUT2D eigenvalue weighted by Crippen LogP contribution is 2.24. The van der Waals surface area contributed by atoms with Crippen molar-refractivity contribution in [2.45, 2.75) is 5.16 Å². The number of ketones is 1. The molecule has 0 aliphatic carbocycles. The third-order valence-corrected chi connectivity index (χ3v) is 5.19. The molecule has 1 amide bonds. The number of aromatic nitrogens is 2. The molecular weight excluding hydrogens is 396 g/mol. The maximum Gasteiger partial charge on any atom is 0.269 e. The predicted molar refractivity (Wildman–Crippen MR) is 119 cm³/mol. The molecule has 0 bridgehead atoms. The van der Waals surface area contributed by atoms with Gasteiger partial charge in [-0.15, -0.1) is 0 Å². The van der Waals surface area contributed by atoms with Gasteiger partial charge in [-0.05, 0) is 24.3 Å². The molecule has 4 rings (SSSR count). The number of fused-ring (bicyclic) bond motifs is 1. The number of amides is 1. The summed E-state index contributed by atoms with van der Waals surface area (Å²) >= 11 is 1.26. The third-order valence-electron chi connectivity index (χ3n) is 4.34. The molecule has 1 aromatic heterocycles. The molecule has 0 radical (unpaired) electrons. The highest BCUT2D eigenvalue weighted by molar-refractivity contribution is 7.99. The van der Waals surface area contributed by atoms with Gasteiger partial charge >= 0.3 is 0 Å². The Morgan fingerprint density at radius 1 is 0.767 bits per heavy atom. The van der Waals surface area contributed by atoms with Crippen LogP contribution in [0.4, 0.5) is 5.82 Å². The minimum Gasteiger partial charge on any atom is -0.293 e. The fourth-order valence-electron chi connectivity index (χ4n) is 2.83. The van der Waals surface area contributed by atoms with Crippen molar-refractivity contribution in [3.05, 3.63) is 96.1 Å². The van der Waals surface area contributed by atoms with Crippen molar-refractivity contribution < 1.29 is 9.59 Å². The summed E-state index contributed by atoms with van der Waals surface area (Å²) in [4.78, 5) is 33.8. The van der Waals surface area contributed by atoms with Crippen LogP contribution in [0.2, 0.25) is 0 Å². The molecule has 30 heavy (non-hydrogen) atoms. The molecular formula is C23H18N4O2S. The predicted octanol–water partition coefficient (Wildman–Crippen LogP) is 4.36. The van der Waals surface area contributed by atoms with E-state index in [-0.39, 0.29) is 17.4 Å². The van der Waals surface area contributed by atoms with Crippen molar-refractivity contribution in [2.24, 2.45) is 0 Å². The van der Waals surface area contributed by atoms with E-state index in [1.165, 1.54) is 11.8 Å². The molecule has 0 aliphatic rings. The van der Waals surface area contributed by atoms with E-state index in [9.17, 15) is 9.59 Å². The van der Waals surface area contributed by atoms with Crippen LogP contribution in [0.5, 0.6) is 0 Å². The maximum absolute atomic E-state index is 12.4. The van der Waals surface area contributed by atoms with E-state index in [2.05, 4.69) is 20.8 Å². The Labute approximate surface area is 177 Å². The molecule has 6 nitrogen and oxygen atoms in total. The number of hydrogen-bond acceptors (Lipinski definition) is 6. The fourth-order valence-corrected chi connectivity index (χ4v) is 3.58. The van der Waals surface area contributed by atoms with Crippen LogP contribution >= 0.6 is 11.8 Å². The molecule has 0 saturated heterocycles. The summed E-state index contributed by atoms with van der Waals surface area (Å²) in [6.07, 6.45) is 0. The molecule has 4 aromatic rings. The zero-order valence-electron chi connectivity index (χ0n) is 15.9. The van der Waals surface area contributed by atoms with E-state index in [0.717, 1.165) is 10.9 Å². The van der Waals surface area contributed by atoms with E-state index in [1.54, 1.807) is 36.4 Å². The topological polar surface area (TPSA) is 84.0 Å². The Morgan fingerprint density at radius 2 is 1.40 bits per heavy atom. The number of benzene rings is 3. The first kappa shape index (κ1) is 19.6. The molecule has 0 spiro atoms. The number of nitrogens with zero attached hydrogens (tertiary/aromatic N) is 2. The zero-order valence-corrected chi connectivity index (χ0v) is 16.7. The Bertz CT molecular complexity index is 1180. The number of anilines is 1. The summed E-state index contributed by atoms with van der Waals surface area (Å²) < 4.78 is 0. The lowest BCUT2D eigenvalue weighted by Crippen LogP contribution is -2.30. The molecule has 0 fully saturated rings. The highest BCUT2D eigenvalue weighted by Gasteiger charge is 2.12. The van der Waals surface area contributed by atoms with Gasteiger partial charge in [0.2, 0.25) is 0 Å². The van der Waals surface area contributed by atoms with Gasteiger partial charge in [-0.1, -0.05) is 72.4 Å². The van der Waals surface area contributed by atoms with Crippen molar-refractivity contribution in [2.75, 3.05) is 11.2 Å². The highest BCUT2D eigenvalue weighted by atomic mass is 32.2. The van der Waals surface area contributed by atoms with E-state index in [4.69, 9.17) is 0 Å². The fraction of sp³-hybridized carbons (Fsp3) is 0.0435. The summed E-state index contributed by atoms with van der Waals surface area (Å²) in [6.45, 7) is 0. The minimum atomic E-state index is -0.272. The average molecular weight is 414 g/mol. The molecule has 0 saturated carbocycles. The number of hydrazine groups is 1. The van der Waals surface area contributed by atoms with Gasteiger partial charge in [0.25, 0.3) is 5.91 Å². The quantitative estimate of drug-likeness (QED) is 0.202. The first-order valence-electron chi connectivity index (χ1n) is 9.30. The maximum atomic E-state index is 12.4. The normalized spacial score (nSPS) is 10.5. The molecule has 1 heterocycles. The Morgan fingerprint density at radius 3 is 2.13 bits per heavy atom. The SMILES string of the molecule is O=C(CSc1nc(NNC(=O)c2ccccc2)c2ccccc2n1)c1ccccc1. The van der Waals surface area contributed by atoms with Crippen LogP contribution in [0.25, 0.3) is 10.9 Å². The van der Waals surface area contributed by atoms with Crippen molar-refractivity contribution >= 4 is 40.2 Å². The van der Waals surface area contributed by atoms with Gasteiger partial charge in [-0.2, -0.15) is 0 Å². The van der Waals surface area contributed by atoms with Gasteiger partial charge in [0, 0.05) is 16.5 Å². The van der Waals surface area contributed by atoms with Crippen molar-refractivity contribution in [3.63, 3.8) is 0 Å². The number of nitrogens with one attached hydrogen (secondary N) is 2. The smallest absolute Gasteiger partial charge is 0.269 e. The summed E-state index contributed by atoms with van der Waals surface area (Å²) in [5.74, 6) is 0.425. The number of hydrogen-bond donors (Lipinski definition) is 2. The van der Waals surface area contributed by atoms with Crippen molar-refractivity contribution in [1.82, 2.24) is 15.4 Å². The number of carbonyl (C=O) groups is 2. The van der Waals surface area contributed by atoms with Crippen molar-refractivity contribution in [3.8, 4) is 0 Å². The second-order valence-corrected chi connectivity index (χ2v) is 7.34. The first-order valence-corrected chi connectivity index (χ1v) is 10.3. The van der Waals surface area contributed by atoms with Crippen LogP contribution in [0, 0.1) is 0 Å². The zero-order chi connectivity index (χ0) is 20.8. The van der Waals surface area contributed by atoms with Crippen LogP contribution in [0.1, 0.15) is 20.7 Å². The standard InChI is InChI=1S/C23H18N4O2S/c28-20(16-9-3-1-4-10-16)15-30-23-24-19-14-8-7-13-18(19)21(25-23)26-27-22(29)17-11-5-2-6-12-17/h1-14H,15H2,(H,27,29)(H,24,25,26). The van der Waals surface area contributed by atoms with Gasteiger partial charge in [0.1, 0.15) is 0 Å². The van der Waals surface area contributed by atoms with Gasteiger partial charge in [-0.3, -0.25) is 20.4 Å². The van der Waals surface area contributed by atoms with Gasteiger partial charge in [0.15, 0.2) is 16.8 Å². The number of Topliss-reactive ketones (excluding diaryl/α,β-unsaturated/α-hetero) is 1. The van der Waals surface area contributed by atoms with E-state index in [1.807, 2.05) is 48.5 Å². The van der Waals surface area contributed by atoms with Gasteiger partial charge in [0.05, 0.1) is 11.3 Å². The Kier molecular flexibility index (Phi) is 6.01. The summed E-state index contributed by atoms with van der Waals surface area (Å²) in [5.41, 5.74) is 7.47. The molecule has 148 valence electrons. The molecule has 0 aliphatic heterocycles. The lowest BCUT2D eigenvalue weighted by Gasteiger charge is -2.11.